The molecule has 48 heteroatoms. The normalized spacial score (nSPS) is 27.8. The van der Waals surface area contributed by atoms with Crippen molar-refractivity contribution in [3.8, 4) is 0 Å². The van der Waals surface area contributed by atoms with Gasteiger partial charge in [0.1, 0.15) is 85.5 Å². The Balaban J connectivity index is 1.06. The number of aliphatic hydroxyl groups is 14. The Hall–Kier alpha value is -7.16. The van der Waals surface area contributed by atoms with Crippen LogP contribution in [0.1, 0.15) is 90.9 Å². The van der Waals surface area contributed by atoms with E-state index in [4.69, 9.17) is 42.7 Å². The monoisotopic (exact) mass is 1700 g/mol. The van der Waals surface area contributed by atoms with E-state index in [1.54, 1.807) is 0 Å². The molecule has 118 heavy (non-hydrogen) atoms. The molecule has 0 saturated carbocycles. The number of hydroxylamine groups is 2. The quantitative estimate of drug-likeness (QED) is 0.0199. The molecule has 0 unspecified atom stereocenters. The number of aliphatic hydroxyl groups excluding tert-OH is 14. The number of nitrogens with zero attached hydrogens (tertiary/aromatic N) is 4. The molecule has 48 nitrogen and oxygen atoms in total. The Morgan fingerprint density at radius 2 is 0.551 bits per heavy atom. The average Bonchev–Trinajstić information content (AvgIpc) is 1.01. The molecule has 0 spiro atoms. The maximum Gasteiger partial charge on any atom is 0.333 e. The van der Waals surface area contributed by atoms with Crippen LogP contribution in [0.5, 0.6) is 0 Å². The van der Waals surface area contributed by atoms with Crippen LogP contribution in [0.4, 0.5) is 0 Å². The fourth-order valence-electron chi connectivity index (χ4n) is 12.4. The Morgan fingerprint density at radius 3 is 0.805 bits per heavy atom. The molecule has 676 valence electrons. The van der Waals surface area contributed by atoms with Crippen LogP contribution in [-0.2, 0) is 100 Å². The van der Waals surface area contributed by atoms with Crippen molar-refractivity contribution >= 4 is 70.9 Å². The van der Waals surface area contributed by atoms with Crippen molar-refractivity contribution < 1.29 is 172 Å². The lowest BCUT2D eigenvalue weighted by atomic mass is 9.99. The topological polar surface area (TPSA) is 692 Å². The first-order valence-electron chi connectivity index (χ1n) is 39.3. The van der Waals surface area contributed by atoms with Crippen LogP contribution in [0.2, 0.25) is 0 Å². The van der Waals surface area contributed by atoms with Gasteiger partial charge in [-0.15, -0.1) is 5.06 Å². The van der Waals surface area contributed by atoms with Crippen molar-refractivity contribution in [1.82, 2.24) is 67.6 Å². The largest absolute Gasteiger partial charge is 0.394 e. The third-order valence-electron chi connectivity index (χ3n) is 19.0. The number of nitrogens with one attached hydrogen (secondary N) is 9. The van der Waals surface area contributed by atoms with Gasteiger partial charge in [-0.3, -0.25) is 67.4 Å². The van der Waals surface area contributed by atoms with Crippen molar-refractivity contribution in [3.63, 3.8) is 0 Å². The van der Waals surface area contributed by atoms with Crippen LogP contribution in [0.15, 0.2) is 0 Å². The zero-order valence-corrected chi connectivity index (χ0v) is 66.1. The Labute approximate surface area is 679 Å². The van der Waals surface area contributed by atoms with Gasteiger partial charge in [0, 0.05) is 78.2 Å². The summed E-state index contributed by atoms with van der Waals surface area (Å²) in [4.78, 5) is 163. The van der Waals surface area contributed by atoms with E-state index >= 15 is 0 Å². The lowest BCUT2D eigenvalue weighted by Gasteiger charge is -2.39. The minimum absolute atomic E-state index is 0.0621. The van der Waals surface area contributed by atoms with Gasteiger partial charge in [0.15, 0.2) is 25.2 Å². The highest BCUT2D eigenvalue weighted by Gasteiger charge is 2.47. The van der Waals surface area contributed by atoms with Gasteiger partial charge in [0.2, 0.25) is 53.2 Å². The van der Waals surface area contributed by atoms with Crippen molar-refractivity contribution in [1.29, 1.82) is 0 Å². The van der Waals surface area contributed by atoms with Crippen molar-refractivity contribution in [3.05, 3.63) is 0 Å². The summed E-state index contributed by atoms with van der Waals surface area (Å²) in [6.07, 6.45) is -25.5. The molecule has 5 aliphatic rings. The van der Waals surface area contributed by atoms with E-state index in [9.17, 15) is 129 Å². The minimum Gasteiger partial charge on any atom is -0.394 e. The highest BCUT2D eigenvalue weighted by Crippen LogP contribution is 2.26. The first kappa shape index (κ1) is 101. The van der Waals surface area contributed by atoms with E-state index in [-0.39, 0.29) is 105 Å². The zero-order chi connectivity index (χ0) is 87.0. The molecule has 23 N–H and O–H groups in total. The summed E-state index contributed by atoms with van der Waals surface area (Å²) >= 11 is 0. The third-order valence-corrected chi connectivity index (χ3v) is 19.0. The minimum atomic E-state index is -1.71. The molecule has 0 bridgehead atoms. The summed E-state index contributed by atoms with van der Waals surface area (Å²) in [5.41, 5.74) is 0. The standard InChI is InChI=1S/C70H121N13O35/c1-39-55(98)59(102)63(106)67(114-39)110-24-20-76-48(91)33-81(34-49(92)77-21-25-111-68-64(107)60(103)56(99)40(2)115-68)31-46(89)74-18-10-4-8-16-72-44(87)29-80(28-43(86)71-15-7-3-6-12-54(97)118-83-52(95)13-14-53(83)96)30-45(88)73-17-9-5-11-19-75-47(90)32-82(35-50(93)78-22-26-112-69-65(108)61(104)57(100)41(37-84)116-69)36-51(94)79-23-27-113-70-66(109)62(105)58(101)42(38-85)117-70/h39-42,55-70,84-85,98-109H,3-38H2,1-2H3,(H,71,86)(H,72,87)(H,73,88)(H,74,89)(H,75,90)(H,76,91)(H,77,92)(H,78,93)(H,79,94)/t39-,40-,41+,42+,55+,56+,57+,58+,59+,60+,61-,62-,63-,64-,65-,66-,67+,68+,69-,70-/m0/s1. The van der Waals surface area contributed by atoms with Gasteiger partial charge in [-0.25, -0.2) is 4.79 Å². The lowest BCUT2D eigenvalue weighted by molar-refractivity contribution is -0.300. The summed E-state index contributed by atoms with van der Waals surface area (Å²) in [6, 6.07) is 0. The van der Waals surface area contributed by atoms with Gasteiger partial charge >= 0.3 is 5.97 Å². The fraction of sp³-hybridized carbons (Fsp3) is 0.829. The molecule has 0 aromatic carbocycles. The van der Waals surface area contributed by atoms with Gasteiger partial charge < -0.3 is 162 Å². The number of unbranched alkanes of at least 4 members (excludes halogenated alkanes) is 6. The van der Waals surface area contributed by atoms with Gasteiger partial charge in [0.25, 0.3) is 11.8 Å². The van der Waals surface area contributed by atoms with E-state index in [0.29, 0.717) is 62.9 Å². The van der Waals surface area contributed by atoms with Crippen LogP contribution in [0.25, 0.3) is 0 Å². The molecule has 0 aromatic rings. The van der Waals surface area contributed by atoms with Crippen LogP contribution in [0, 0.1) is 0 Å². The van der Waals surface area contributed by atoms with E-state index in [1.165, 1.54) is 28.5 Å². The Kier molecular flexibility index (Phi) is 46.6. The van der Waals surface area contributed by atoms with E-state index in [1.807, 2.05) is 0 Å². The highest BCUT2D eigenvalue weighted by molar-refractivity contribution is 6.01. The summed E-state index contributed by atoms with van der Waals surface area (Å²) < 4.78 is 43.1. The molecule has 5 fully saturated rings. The van der Waals surface area contributed by atoms with Gasteiger partial charge in [-0.1, -0.05) is 6.42 Å². The predicted octanol–water partition coefficient (Wildman–Crippen LogP) is -14.2. The summed E-state index contributed by atoms with van der Waals surface area (Å²) in [6.45, 7) is -3.63. The summed E-state index contributed by atoms with van der Waals surface area (Å²) in [5, 5.41) is 165. The van der Waals surface area contributed by atoms with Crippen LogP contribution in [-0.4, -0.2) is 442 Å². The number of carbonyl (C=O) groups excluding carboxylic acids is 12. The van der Waals surface area contributed by atoms with Gasteiger partial charge in [-0.2, -0.15) is 0 Å². The lowest BCUT2D eigenvalue weighted by Crippen LogP contribution is -2.59. The predicted molar refractivity (Wildman–Crippen MR) is 396 cm³/mol. The van der Waals surface area contributed by atoms with E-state index < -0.39 is 266 Å². The number of hydrogen-bond acceptors (Lipinski definition) is 38. The molecule has 20 atom stereocenters. The van der Waals surface area contributed by atoms with Crippen LogP contribution in [0.3, 0.4) is 0 Å². The van der Waals surface area contributed by atoms with Gasteiger partial charge in [0.05, 0.1) is 111 Å². The number of carbonyl (C=O) groups is 12. The number of imide groups is 1. The number of amides is 11. The second kappa shape index (κ2) is 54.3. The summed E-state index contributed by atoms with van der Waals surface area (Å²) in [5.74, 6) is -7.49. The molecule has 5 heterocycles. The maximum atomic E-state index is 13.4. The molecular formula is C70H121N13O35. The molecular weight excluding hydrogens is 1580 g/mol. The number of ether oxygens (including phenoxy) is 8. The molecule has 0 aromatic heterocycles. The Morgan fingerprint density at radius 1 is 0.322 bits per heavy atom. The number of rotatable bonds is 55. The first-order chi connectivity index (χ1) is 56.2. The van der Waals surface area contributed by atoms with E-state index in [0.717, 1.165) is 0 Å². The Bertz CT molecular complexity index is 2990. The van der Waals surface area contributed by atoms with Crippen molar-refractivity contribution in [2.75, 3.05) is 157 Å². The van der Waals surface area contributed by atoms with Crippen molar-refractivity contribution in [2.45, 2.75) is 214 Å². The zero-order valence-electron chi connectivity index (χ0n) is 66.1. The molecule has 5 aliphatic heterocycles. The second-order valence-electron chi connectivity index (χ2n) is 28.8. The number of hydrogen-bond donors (Lipinski definition) is 23. The molecule has 0 radical (unpaired) electrons. The fourth-order valence-corrected chi connectivity index (χ4v) is 12.4. The van der Waals surface area contributed by atoms with Gasteiger partial charge in [-0.05, 0) is 65.2 Å². The summed E-state index contributed by atoms with van der Waals surface area (Å²) in [7, 11) is 0. The van der Waals surface area contributed by atoms with Crippen LogP contribution >= 0.6 is 0 Å². The van der Waals surface area contributed by atoms with Crippen molar-refractivity contribution in [2.24, 2.45) is 0 Å². The third kappa shape index (κ3) is 36.3. The average molecular weight is 1700 g/mol. The maximum absolute atomic E-state index is 13.4. The SMILES string of the molecule is C[C@@H]1O[C@@H](OCCNC(=O)CN(CC(=O)NCCCCCNC(=O)CN(CC(=O)NCCCCCNC(=O)CN(CC(=O)NCCO[C@H]2O[C@H](CO)[C@@H](O)[C@H](O)[C@@H]2O)CC(=O)NCCO[C@H]2O[C@H](CO)[C@@H](O)[C@H](O)[C@@H]2O)CC(=O)NCCCCCC(=O)ON2C(=O)CCC2=O)CC(=O)NCCO[C@@H]2O[C@@H](C)[C@@H](O)[C@@H](O)[C@@H]2O)[C@@H](O)[C@H](O)[C@@H]1O. The highest BCUT2D eigenvalue weighted by atomic mass is 16.7. The molecule has 5 saturated heterocycles. The molecule has 11 amide bonds. The molecule has 5 rings (SSSR count). The van der Waals surface area contributed by atoms with Crippen LogP contribution < -0.4 is 47.9 Å². The second-order valence-corrected chi connectivity index (χ2v) is 28.8. The smallest absolute Gasteiger partial charge is 0.333 e. The van der Waals surface area contributed by atoms with E-state index in [2.05, 4.69) is 47.9 Å². The molecule has 0 aliphatic carbocycles. The first-order valence-corrected chi connectivity index (χ1v) is 39.3.